The van der Waals surface area contributed by atoms with E-state index in [2.05, 4.69) is 5.32 Å². The second kappa shape index (κ2) is 9.60. The largest absolute Gasteiger partial charge is 0.416 e. The zero-order valence-electron chi connectivity index (χ0n) is 17.9. The van der Waals surface area contributed by atoms with Gasteiger partial charge in [-0.2, -0.15) is 17.5 Å². The van der Waals surface area contributed by atoms with Crippen LogP contribution in [0.3, 0.4) is 0 Å². The highest BCUT2D eigenvalue weighted by Crippen LogP contribution is 2.32. The number of amides is 1. The molecule has 1 aliphatic rings. The van der Waals surface area contributed by atoms with Gasteiger partial charge in [-0.3, -0.25) is 9.69 Å². The standard InChI is InChI=1S/C22H26F3N3O3S/c1-16(27(2)15-17-7-3-4-8-20(17)22(23,24)25)21(29)26-18-9-11-19(12-10-18)32(30,31)28-13-5-6-14-28/h3-4,7-12,16H,5-6,13-15H2,1-2H3,(H,26,29). The summed E-state index contributed by atoms with van der Waals surface area (Å²) in [6.45, 7) is 2.54. The van der Waals surface area contributed by atoms with Crippen molar-refractivity contribution in [1.29, 1.82) is 0 Å². The summed E-state index contributed by atoms with van der Waals surface area (Å²) in [6.07, 6.45) is -2.79. The third kappa shape index (κ3) is 5.48. The summed E-state index contributed by atoms with van der Waals surface area (Å²) in [4.78, 5) is 14.3. The minimum absolute atomic E-state index is 0.0582. The lowest BCUT2D eigenvalue weighted by Gasteiger charge is -2.25. The maximum absolute atomic E-state index is 13.2. The van der Waals surface area contributed by atoms with E-state index in [4.69, 9.17) is 0 Å². The molecule has 0 aromatic heterocycles. The first-order valence-electron chi connectivity index (χ1n) is 10.3. The summed E-state index contributed by atoms with van der Waals surface area (Å²) in [6, 6.07) is 10.4. The number of nitrogens with zero attached hydrogens (tertiary/aromatic N) is 2. The van der Waals surface area contributed by atoms with Crippen molar-refractivity contribution < 1.29 is 26.4 Å². The van der Waals surface area contributed by atoms with E-state index in [0.29, 0.717) is 18.8 Å². The molecule has 1 aliphatic heterocycles. The summed E-state index contributed by atoms with van der Waals surface area (Å²) in [5.41, 5.74) is -0.237. The van der Waals surface area contributed by atoms with Gasteiger partial charge in [0.15, 0.2) is 0 Å². The second-order valence-corrected chi connectivity index (χ2v) is 9.81. The van der Waals surface area contributed by atoms with Crippen LogP contribution in [0.2, 0.25) is 0 Å². The number of halogens is 3. The Hall–Kier alpha value is -2.43. The van der Waals surface area contributed by atoms with Gasteiger partial charge in [0.25, 0.3) is 0 Å². The molecule has 1 unspecified atom stereocenters. The van der Waals surface area contributed by atoms with E-state index in [0.717, 1.165) is 18.9 Å². The van der Waals surface area contributed by atoms with Crippen LogP contribution in [0.15, 0.2) is 53.4 Å². The van der Waals surface area contributed by atoms with E-state index in [-0.39, 0.29) is 17.0 Å². The molecule has 32 heavy (non-hydrogen) atoms. The number of likely N-dealkylation sites (N-methyl/N-ethyl adjacent to an activating group) is 1. The molecular weight excluding hydrogens is 443 g/mol. The predicted octanol–water partition coefficient (Wildman–Crippen LogP) is 3.95. The predicted molar refractivity (Wildman–Crippen MR) is 115 cm³/mol. The fourth-order valence-electron chi connectivity index (χ4n) is 3.58. The van der Waals surface area contributed by atoms with Gasteiger partial charge in [0.1, 0.15) is 0 Å². The number of benzene rings is 2. The van der Waals surface area contributed by atoms with Crippen molar-refractivity contribution >= 4 is 21.6 Å². The van der Waals surface area contributed by atoms with Gasteiger partial charge in [-0.05, 0) is 62.7 Å². The number of carbonyl (C=O) groups is 1. The Balaban J connectivity index is 1.64. The van der Waals surface area contributed by atoms with E-state index >= 15 is 0 Å². The van der Waals surface area contributed by atoms with E-state index in [1.165, 1.54) is 51.7 Å². The van der Waals surface area contributed by atoms with Gasteiger partial charge >= 0.3 is 6.18 Å². The Labute approximate surface area is 186 Å². The number of hydrogen-bond acceptors (Lipinski definition) is 4. The van der Waals surface area contributed by atoms with Crippen LogP contribution in [0.25, 0.3) is 0 Å². The van der Waals surface area contributed by atoms with Crippen LogP contribution in [0.4, 0.5) is 18.9 Å². The van der Waals surface area contributed by atoms with Crippen LogP contribution in [0.5, 0.6) is 0 Å². The zero-order chi connectivity index (χ0) is 23.5. The second-order valence-electron chi connectivity index (χ2n) is 7.87. The molecule has 0 aliphatic carbocycles. The highest BCUT2D eigenvalue weighted by atomic mass is 32.2. The summed E-state index contributed by atoms with van der Waals surface area (Å²) in [7, 11) is -1.97. The Morgan fingerprint density at radius 3 is 2.28 bits per heavy atom. The molecule has 1 N–H and O–H groups in total. The van der Waals surface area contributed by atoms with Crippen molar-refractivity contribution in [3.05, 3.63) is 59.7 Å². The number of carbonyl (C=O) groups excluding carboxylic acids is 1. The quantitative estimate of drug-likeness (QED) is 0.667. The van der Waals surface area contributed by atoms with Crippen LogP contribution in [0.1, 0.15) is 30.9 Å². The van der Waals surface area contributed by atoms with Gasteiger partial charge in [0, 0.05) is 25.3 Å². The van der Waals surface area contributed by atoms with Gasteiger partial charge in [-0.25, -0.2) is 8.42 Å². The highest BCUT2D eigenvalue weighted by molar-refractivity contribution is 7.89. The molecule has 6 nitrogen and oxygen atoms in total. The molecule has 0 bridgehead atoms. The summed E-state index contributed by atoms with van der Waals surface area (Å²) in [5, 5.41) is 2.69. The van der Waals surface area contributed by atoms with Crippen LogP contribution < -0.4 is 5.32 Å². The van der Waals surface area contributed by atoms with Crippen LogP contribution in [0, 0.1) is 0 Å². The molecule has 1 amide bonds. The van der Waals surface area contributed by atoms with E-state index in [1.54, 1.807) is 14.0 Å². The molecular formula is C22H26F3N3O3S. The maximum Gasteiger partial charge on any atom is 0.416 e. The Morgan fingerprint density at radius 2 is 1.69 bits per heavy atom. The Bertz CT molecular complexity index is 1050. The molecule has 1 heterocycles. The fraction of sp³-hybridized carbons (Fsp3) is 0.409. The first-order valence-corrected chi connectivity index (χ1v) is 11.7. The molecule has 0 saturated carbocycles. The summed E-state index contributed by atoms with van der Waals surface area (Å²) in [5.74, 6) is -0.410. The smallest absolute Gasteiger partial charge is 0.325 e. The van der Waals surface area contributed by atoms with Gasteiger partial charge in [-0.1, -0.05) is 18.2 Å². The highest BCUT2D eigenvalue weighted by Gasteiger charge is 2.33. The monoisotopic (exact) mass is 469 g/mol. The third-order valence-electron chi connectivity index (χ3n) is 5.61. The van der Waals surface area contributed by atoms with Gasteiger partial charge < -0.3 is 5.32 Å². The molecule has 0 radical (unpaired) electrons. The van der Waals surface area contributed by atoms with E-state index in [9.17, 15) is 26.4 Å². The number of alkyl halides is 3. The van der Waals surface area contributed by atoms with Gasteiger partial charge in [0.05, 0.1) is 16.5 Å². The van der Waals surface area contributed by atoms with Crippen LogP contribution in [-0.4, -0.2) is 49.7 Å². The molecule has 0 spiro atoms. The van der Waals surface area contributed by atoms with Crippen molar-refractivity contribution in [2.75, 3.05) is 25.5 Å². The van der Waals surface area contributed by atoms with E-state index < -0.39 is 33.7 Å². The molecule has 2 aromatic carbocycles. The van der Waals surface area contributed by atoms with Crippen molar-refractivity contribution in [2.45, 2.75) is 43.4 Å². The molecule has 3 rings (SSSR count). The van der Waals surface area contributed by atoms with Crippen molar-refractivity contribution in [3.63, 3.8) is 0 Å². The lowest BCUT2D eigenvalue weighted by Crippen LogP contribution is -2.39. The summed E-state index contributed by atoms with van der Waals surface area (Å²) >= 11 is 0. The Kier molecular flexibility index (Phi) is 7.26. The molecule has 1 fully saturated rings. The number of rotatable bonds is 7. The third-order valence-corrected chi connectivity index (χ3v) is 7.52. The maximum atomic E-state index is 13.2. The average molecular weight is 470 g/mol. The van der Waals surface area contributed by atoms with Gasteiger partial charge in [-0.15, -0.1) is 0 Å². The molecule has 1 saturated heterocycles. The topological polar surface area (TPSA) is 69.7 Å². The lowest BCUT2D eigenvalue weighted by atomic mass is 10.1. The molecule has 174 valence electrons. The average Bonchev–Trinajstić information content (AvgIpc) is 3.29. The molecule has 1 atom stereocenters. The minimum Gasteiger partial charge on any atom is -0.325 e. The van der Waals surface area contributed by atoms with Crippen molar-refractivity contribution in [3.8, 4) is 0 Å². The molecule has 10 heteroatoms. The number of hydrogen-bond donors (Lipinski definition) is 1. The van der Waals surface area contributed by atoms with E-state index in [1.807, 2.05) is 0 Å². The lowest BCUT2D eigenvalue weighted by molar-refractivity contribution is -0.138. The first-order chi connectivity index (χ1) is 15.0. The fourth-order valence-corrected chi connectivity index (χ4v) is 5.09. The zero-order valence-corrected chi connectivity index (χ0v) is 18.7. The van der Waals surface area contributed by atoms with Crippen LogP contribution in [-0.2, 0) is 27.5 Å². The molecule has 2 aromatic rings. The number of anilines is 1. The number of nitrogens with one attached hydrogen (secondary N) is 1. The minimum atomic E-state index is -4.47. The van der Waals surface area contributed by atoms with Crippen LogP contribution >= 0.6 is 0 Å². The van der Waals surface area contributed by atoms with Gasteiger partial charge in [0.2, 0.25) is 15.9 Å². The first kappa shape index (κ1) is 24.2. The SMILES string of the molecule is CC(C(=O)Nc1ccc(S(=O)(=O)N2CCCC2)cc1)N(C)Cc1ccccc1C(F)(F)F. The summed E-state index contributed by atoms with van der Waals surface area (Å²) < 4.78 is 66.3. The number of sulfonamides is 1. The van der Waals surface area contributed by atoms with Crippen molar-refractivity contribution in [1.82, 2.24) is 9.21 Å². The Morgan fingerprint density at radius 1 is 1.09 bits per heavy atom. The normalized spacial score (nSPS) is 16.3. The van der Waals surface area contributed by atoms with Crippen molar-refractivity contribution in [2.24, 2.45) is 0 Å².